The van der Waals surface area contributed by atoms with Crippen LogP contribution in [0.4, 0.5) is 23.2 Å². The first-order valence-electron chi connectivity index (χ1n) is 9.25. The lowest BCUT2D eigenvalue weighted by molar-refractivity contribution is -0.141. The Morgan fingerprint density at radius 3 is 2.58 bits per heavy atom. The number of alkyl halides is 3. The molecule has 0 saturated heterocycles. The van der Waals surface area contributed by atoms with Gasteiger partial charge >= 0.3 is 6.18 Å². The second kappa shape index (κ2) is 9.65. The highest BCUT2D eigenvalue weighted by Crippen LogP contribution is 2.35. The summed E-state index contributed by atoms with van der Waals surface area (Å²) in [5.41, 5.74) is 0.765. The van der Waals surface area contributed by atoms with E-state index in [0.29, 0.717) is 30.3 Å². The molecule has 0 spiro atoms. The van der Waals surface area contributed by atoms with Gasteiger partial charge in [-0.3, -0.25) is 9.36 Å². The molecule has 0 radical (unpaired) electrons. The molecule has 3 rings (SSSR count). The topological polar surface area (TPSA) is 59.7 Å². The van der Waals surface area contributed by atoms with Crippen molar-refractivity contribution in [3.8, 4) is 0 Å². The van der Waals surface area contributed by atoms with Crippen LogP contribution in [-0.4, -0.2) is 31.2 Å². The maximum absolute atomic E-state index is 13.0. The molecule has 1 aromatic carbocycles. The molecule has 12 heteroatoms. The van der Waals surface area contributed by atoms with Crippen LogP contribution in [0.3, 0.4) is 0 Å². The fraction of sp³-hybridized carbons (Fsp3) is 0.316. The number of hydrogen-bond acceptors (Lipinski definition) is 3. The number of rotatable bonds is 7. The highest BCUT2D eigenvalue weighted by Gasteiger charge is 2.38. The van der Waals surface area contributed by atoms with Gasteiger partial charge in [0.25, 0.3) is 0 Å². The highest BCUT2D eigenvalue weighted by molar-refractivity contribution is 7.80. The number of hydrogen-bond donors (Lipinski definition) is 2. The lowest BCUT2D eigenvalue weighted by atomic mass is 10.2. The molecule has 166 valence electrons. The number of benzene rings is 1. The molecule has 2 aromatic heterocycles. The molecule has 6 nitrogen and oxygen atoms in total. The number of halogens is 5. The summed E-state index contributed by atoms with van der Waals surface area (Å²) in [5.74, 6) is -0.297. The van der Waals surface area contributed by atoms with Gasteiger partial charge in [-0.05, 0) is 43.3 Å². The lowest BCUT2D eigenvalue weighted by Crippen LogP contribution is -2.29. The predicted octanol–water partition coefficient (Wildman–Crippen LogP) is 4.62. The van der Waals surface area contributed by atoms with Crippen molar-refractivity contribution in [1.82, 2.24) is 24.9 Å². The number of thiocarbonyl (C=S) groups is 1. The molecular formula is C19H19ClF4N6S. The lowest BCUT2D eigenvalue weighted by Gasteiger charge is -2.09. The number of nitrogens with one attached hydrogen (secondary N) is 2. The Kier molecular flexibility index (Phi) is 7.16. The van der Waals surface area contributed by atoms with Gasteiger partial charge in [0.2, 0.25) is 0 Å². The van der Waals surface area contributed by atoms with Crippen molar-refractivity contribution in [3.63, 3.8) is 0 Å². The number of nitrogens with zero attached hydrogens (tertiary/aromatic N) is 4. The Bertz CT molecular complexity index is 1040. The Morgan fingerprint density at radius 2 is 1.94 bits per heavy atom. The maximum Gasteiger partial charge on any atom is 0.436 e. The number of aromatic nitrogens is 4. The largest absolute Gasteiger partial charge is 0.436 e. The van der Waals surface area contributed by atoms with Crippen molar-refractivity contribution in [1.29, 1.82) is 0 Å². The zero-order valence-corrected chi connectivity index (χ0v) is 18.0. The molecule has 0 saturated carbocycles. The molecular weight excluding hydrogens is 456 g/mol. The Hall–Kier alpha value is -2.66. The Labute approximate surface area is 186 Å². The van der Waals surface area contributed by atoms with Crippen LogP contribution in [0.15, 0.2) is 36.7 Å². The molecule has 2 N–H and O–H groups in total. The second-order valence-corrected chi connectivity index (χ2v) is 7.54. The van der Waals surface area contributed by atoms with Gasteiger partial charge in [0.05, 0.1) is 29.1 Å². The van der Waals surface area contributed by atoms with Crippen LogP contribution in [0.25, 0.3) is 0 Å². The average Bonchev–Trinajstić information content (AvgIpc) is 3.25. The first kappa shape index (κ1) is 23.0. The van der Waals surface area contributed by atoms with Gasteiger partial charge in [-0.1, -0.05) is 23.7 Å². The summed E-state index contributed by atoms with van der Waals surface area (Å²) in [7, 11) is 0. The number of aryl methyl sites for hydroxylation is 1. The van der Waals surface area contributed by atoms with Gasteiger partial charge in [0.15, 0.2) is 10.8 Å². The molecule has 0 amide bonds. The summed E-state index contributed by atoms with van der Waals surface area (Å²) in [6.07, 6.45) is -0.740. The molecule has 0 fully saturated rings. The van der Waals surface area contributed by atoms with E-state index in [-0.39, 0.29) is 23.1 Å². The van der Waals surface area contributed by atoms with E-state index >= 15 is 0 Å². The minimum absolute atomic E-state index is 0.257. The Balaban J connectivity index is 1.44. The third kappa shape index (κ3) is 6.17. The second-order valence-electron chi connectivity index (χ2n) is 6.76. The third-order valence-corrected chi connectivity index (χ3v) is 5.08. The molecule has 2 heterocycles. The Morgan fingerprint density at radius 1 is 1.23 bits per heavy atom. The number of anilines is 1. The van der Waals surface area contributed by atoms with E-state index in [0.717, 1.165) is 5.56 Å². The fourth-order valence-corrected chi connectivity index (χ4v) is 3.28. The summed E-state index contributed by atoms with van der Waals surface area (Å²) in [5, 5.41) is 13.7. The van der Waals surface area contributed by atoms with Gasteiger partial charge in [-0.2, -0.15) is 23.4 Å². The van der Waals surface area contributed by atoms with Crippen molar-refractivity contribution in [2.75, 3.05) is 11.9 Å². The van der Waals surface area contributed by atoms with Gasteiger partial charge in [-0.15, -0.1) is 0 Å². The van der Waals surface area contributed by atoms with Crippen molar-refractivity contribution >= 4 is 34.6 Å². The van der Waals surface area contributed by atoms with Crippen LogP contribution in [0.2, 0.25) is 5.02 Å². The van der Waals surface area contributed by atoms with Crippen molar-refractivity contribution < 1.29 is 17.6 Å². The highest BCUT2D eigenvalue weighted by atomic mass is 35.5. The van der Waals surface area contributed by atoms with E-state index in [4.69, 9.17) is 23.8 Å². The van der Waals surface area contributed by atoms with Crippen LogP contribution < -0.4 is 10.6 Å². The van der Waals surface area contributed by atoms with Gasteiger partial charge in [-0.25, -0.2) is 4.39 Å². The van der Waals surface area contributed by atoms with E-state index in [1.807, 2.05) is 0 Å². The van der Waals surface area contributed by atoms with E-state index in [9.17, 15) is 17.6 Å². The van der Waals surface area contributed by atoms with Crippen molar-refractivity contribution in [2.24, 2.45) is 0 Å². The molecule has 0 aliphatic heterocycles. The monoisotopic (exact) mass is 474 g/mol. The normalized spacial score (nSPS) is 11.5. The maximum atomic E-state index is 13.0. The van der Waals surface area contributed by atoms with Crippen molar-refractivity contribution in [3.05, 3.63) is 64.5 Å². The van der Waals surface area contributed by atoms with Gasteiger partial charge < -0.3 is 10.6 Å². The van der Waals surface area contributed by atoms with Crippen LogP contribution >= 0.6 is 23.8 Å². The molecule has 0 aliphatic rings. The summed E-state index contributed by atoms with van der Waals surface area (Å²) in [4.78, 5) is 0. The van der Waals surface area contributed by atoms with E-state index in [1.54, 1.807) is 29.2 Å². The van der Waals surface area contributed by atoms with Crippen molar-refractivity contribution in [2.45, 2.75) is 32.6 Å². The zero-order valence-electron chi connectivity index (χ0n) is 16.4. The van der Waals surface area contributed by atoms with Crippen LogP contribution in [-0.2, 0) is 19.3 Å². The minimum Gasteiger partial charge on any atom is -0.362 e. The van der Waals surface area contributed by atoms with Gasteiger partial charge in [0.1, 0.15) is 5.82 Å². The quantitative estimate of drug-likeness (QED) is 0.297. The predicted molar refractivity (Wildman–Crippen MR) is 114 cm³/mol. The molecule has 31 heavy (non-hydrogen) atoms. The molecule has 0 unspecified atom stereocenters. The van der Waals surface area contributed by atoms with Crippen LogP contribution in [0.5, 0.6) is 0 Å². The fourth-order valence-electron chi connectivity index (χ4n) is 2.82. The SMILES string of the molecule is Cc1c(Cl)c(C(F)(F)F)nn1CCCNC(=S)Nc1cnn(Cc2ccc(F)cc2)c1. The van der Waals surface area contributed by atoms with E-state index in [2.05, 4.69) is 20.8 Å². The summed E-state index contributed by atoms with van der Waals surface area (Å²) >= 11 is 11.0. The first-order chi connectivity index (χ1) is 14.6. The standard InChI is InChI=1S/C19H19ClF4N6S/c1-12-16(20)17(19(22,23)24)28-30(12)8-2-7-25-18(31)27-15-9-26-29(11-15)10-13-3-5-14(21)6-4-13/h3-6,9,11H,2,7-8,10H2,1H3,(H2,25,27,31). The molecule has 0 atom stereocenters. The molecule has 0 aliphatic carbocycles. The first-order valence-corrected chi connectivity index (χ1v) is 10.0. The van der Waals surface area contributed by atoms with Crippen LogP contribution in [0.1, 0.15) is 23.4 Å². The van der Waals surface area contributed by atoms with Gasteiger partial charge in [0, 0.05) is 19.3 Å². The summed E-state index contributed by atoms with van der Waals surface area (Å²) < 4.78 is 54.5. The van der Waals surface area contributed by atoms with E-state index in [1.165, 1.54) is 23.7 Å². The summed E-state index contributed by atoms with van der Waals surface area (Å²) in [6.45, 7) is 2.66. The average molecular weight is 475 g/mol. The zero-order chi connectivity index (χ0) is 22.6. The minimum atomic E-state index is -4.59. The van der Waals surface area contributed by atoms with E-state index < -0.39 is 11.9 Å². The smallest absolute Gasteiger partial charge is 0.362 e. The third-order valence-electron chi connectivity index (χ3n) is 4.38. The molecule has 3 aromatic rings. The molecule has 0 bridgehead atoms. The van der Waals surface area contributed by atoms with Crippen LogP contribution in [0, 0.1) is 12.7 Å². The summed E-state index contributed by atoms with van der Waals surface area (Å²) in [6, 6.07) is 6.14.